The van der Waals surface area contributed by atoms with E-state index < -0.39 is 0 Å². The Bertz CT molecular complexity index is 501. The summed E-state index contributed by atoms with van der Waals surface area (Å²) in [5.74, 6) is 5.67. The number of nitrogens with zero attached hydrogens (tertiary/aromatic N) is 1. The number of carbonyl (C=O) groups excluding carboxylic acids is 1. The van der Waals surface area contributed by atoms with Crippen molar-refractivity contribution >= 4 is 5.91 Å². The molecule has 0 spiro atoms. The maximum absolute atomic E-state index is 12.2. The highest BCUT2D eigenvalue weighted by molar-refractivity contribution is 5.94. The van der Waals surface area contributed by atoms with Crippen LogP contribution in [0.5, 0.6) is 0 Å². The van der Waals surface area contributed by atoms with Crippen LogP contribution in [0, 0.1) is 11.8 Å². The minimum absolute atomic E-state index is 0.0336. The van der Waals surface area contributed by atoms with Crippen molar-refractivity contribution < 1.29 is 9.53 Å². The minimum Gasteiger partial charge on any atom is -0.377 e. The molecule has 4 nitrogen and oxygen atoms in total. The van der Waals surface area contributed by atoms with E-state index in [0.717, 1.165) is 5.56 Å². The minimum atomic E-state index is -0.0336. The first-order valence-corrected chi connectivity index (χ1v) is 6.70. The Labute approximate surface area is 120 Å². The van der Waals surface area contributed by atoms with Gasteiger partial charge in [0.15, 0.2) is 0 Å². The van der Waals surface area contributed by atoms with E-state index in [0.29, 0.717) is 25.3 Å². The monoisotopic (exact) mass is 274 g/mol. The molecule has 1 aromatic carbocycles. The van der Waals surface area contributed by atoms with Crippen LogP contribution in [0.2, 0.25) is 0 Å². The third-order valence-electron chi connectivity index (χ3n) is 2.67. The fraction of sp³-hybridized carbons (Fsp3) is 0.438. The van der Waals surface area contributed by atoms with Gasteiger partial charge < -0.3 is 15.4 Å². The van der Waals surface area contributed by atoms with Crippen molar-refractivity contribution in [3.8, 4) is 11.8 Å². The van der Waals surface area contributed by atoms with E-state index >= 15 is 0 Å². The van der Waals surface area contributed by atoms with Crippen molar-refractivity contribution in [1.82, 2.24) is 4.90 Å². The average molecular weight is 274 g/mol. The molecule has 0 aliphatic heterocycles. The van der Waals surface area contributed by atoms with Crippen LogP contribution < -0.4 is 5.73 Å². The van der Waals surface area contributed by atoms with Gasteiger partial charge in [0.05, 0.1) is 19.3 Å². The Morgan fingerprint density at radius 3 is 2.85 bits per heavy atom. The molecule has 2 N–H and O–H groups in total. The quantitative estimate of drug-likeness (QED) is 0.828. The number of likely N-dealkylation sites (N-methyl/N-ethyl adjacent to an activating group) is 1. The first-order valence-electron chi connectivity index (χ1n) is 6.70. The molecule has 0 unspecified atom stereocenters. The topological polar surface area (TPSA) is 55.6 Å². The standard InChI is InChI=1S/C16H22N2O2/c1-13(2)20-11-10-18(3)16(19)15-8-4-6-14(12-15)7-5-9-17/h4,6,8,12-13H,9-11,17H2,1-3H3. The molecule has 0 aromatic heterocycles. The van der Waals surface area contributed by atoms with E-state index in [9.17, 15) is 4.79 Å². The first kappa shape index (κ1) is 16.2. The van der Waals surface area contributed by atoms with Gasteiger partial charge in [0.1, 0.15) is 0 Å². The summed E-state index contributed by atoms with van der Waals surface area (Å²) in [6, 6.07) is 7.26. The molecule has 0 fully saturated rings. The second-order valence-corrected chi connectivity index (χ2v) is 4.73. The predicted octanol–water partition coefficient (Wildman–Crippen LogP) is 1.49. The van der Waals surface area contributed by atoms with Crippen LogP contribution in [0.15, 0.2) is 24.3 Å². The van der Waals surface area contributed by atoms with Crippen molar-refractivity contribution in [1.29, 1.82) is 0 Å². The van der Waals surface area contributed by atoms with Gasteiger partial charge in [-0.3, -0.25) is 4.79 Å². The van der Waals surface area contributed by atoms with Crippen LogP contribution in [0.3, 0.4) is 0 Å². The Hall–Kier alpha value is -1.83. The molecule has 0 saturated heterocycles. The van der Waals surface area contributed by atoms with Crippen LogP contribution in [-0.4, -0.2) is 43.7 Å². The number of hydrogen-bond donors (Lipinski definition) is 1. The molecule has 0 radical (unpaired) electrons. The maximum Gasteiger partial charge on any atom is 0.253 e. The predicted molar refractivity (Wildman–Crippen MR) is 80.4 cm³/mol. The second-order valence-electron chi connectivity index (χ2n) is 4.73. The Morgan fingerprint density at radius 2 is 2.20 bits per heavy atom. The van der Waals surface area contributed by atoms with E-state index in [-0.39, 0.29) is 12.0 Å². The van der Waals surface area contributed by atoms with E-state index in [4.69, 9.17) is 10.5 Å². The van der Waals surface area contributed by atoms with Gasteiger partial charge in [0, 0.05) is 24.7 Å². The number of nitrogens with two attached hydrogens (primary N) is 1. The molecule has 0 saturated carbocycles. The summed E-state index contributed by atoms with van der Waals surface area (Å²) in [6.07, 6.45) is 0.174. The van der Waals surface area contributed by atoms with E-state index in [2.05, 4.69) is 11.8 Å². The average Bonchev–Trinajstić information content (AvgIpc) is 2.44. The third kappa shape index (κ3) is 5.43. The summed E-state index contributed by atoms with van der Waals surface area (Å²) in [5.41, 5.74) is 6.76. The lowest BCUT2D eigenvalue weighted by Gasteiger charge is -2.18. The molecule has 1 aromatic rings. The van der Waals surface area contributed by atoms with E-state index in [1.54, 1.807) is 24.1 Å². The molecule has 0 aliphatic rings. The molecule has 0 aliphatic carbocycles. The largest absolute Gasteiger partial charge is 0.377 e. The van der Waals surface area contributed by atoms with Crippen LogP contribution in [0.25, 0.3) is 0 Å². The number of benzene rings is 1. The highest BCUT2D eigenvalue weighted by Gasteiger charge is 2.11. The van der Waals surface area contributed by atoms with Crippen molar-refractivity contribution in [2.24, 2.45) is 5.73 Å². The summed E-state index contributed by atoms with van der Waals surface area (Å²) < 4.78 is 5.45. The lowest BCUT2D eigenvalue weighted by molar-refractivity contribution is 0.0532. The van der Waals surface area contributed by atoms with E-state index in [1.165, 1.54) is 0 Å². The van der Waals surface area contributed by atoms with Crippen LogP contribution >= 0.6 is 0 Å². The molecule has 20 heavy (non-hydrogen) atoms. The highest BCUT2D eigenvalue weighted by Crippen LogP contribution is 2.07. The molecule has 1 rings (SSSR count). The van der Waals surface area contributed by atoms with Gasteiger partial charge in [-0.05, 0) is 32.0 Å². The van der Waals surface area contributed by atoms with Crippen molar-refractivity contribution in [2.75, 3.05) is 26.7 Å². The summed E-state index contributed by atoms with van der Waals surface area (Å²) in [4.78, 5) is 13.9. The van der Waals surface area contributed by atoms with Gasteiger partial charge in [-0.15, -0.1) is 0 Å². The fourth-order valence-corrected chi connectivity index (χ4v) is 1.63. The van der Waals surface area contributed by atoms with Gasteiger partial charge in [-0.25, -0.2) is 0 Å². The summed E-state index contributed by atoms with van der Waals surface area (Å²) in [6.45, 7) is 5.36. The zero-order valence-corrected chi connectivity index (χ0v) is 12.3. The van der Waals surface area contributed by atoms with Gasteiger partial charge in [0.2, 0.25) is 0 Å². The molecular formula is C16H22N2O2. The Balaban J connectivity index is 2.66. The van der Waals surface area contributed by atoms with Gasteiger partial charge in [0.25, 0.3) is 5.91 Å². The van der Waals surface area contributed by atoms with Crippen molar-refractivity contribution in [3.63, 3.8) is 0 Å². The van der Waals surface area contributed by atoms with Gasteiger partial charge >= 0.3 is 0 Å². The van der Waals surface area contributed by atoms with E-state index in [1.807, 2.05) is 26.0 Å². The van der Waals surface area contributed by atoms with Crippen LogP contribution in [0.4, 0.5) is 0 Å². The van der Waals surface area contributed by atoms with Crippen LogP contribution in [0.1, 0.15) is 29.8 Å². The lowest BCUT2D eigenvalue weighted by Crippen LogP contribution is -2.30. The number of ether oxygens (including phenoxy) is 1. The van der Waals surface area contributed by atoms with Crippen molar-refractivity contribution in [2.45, 2.75) is 20.0 Å². The second kappa shape index (κ2) is 8.36. The molecule has 0 atom stereocenters. The Morgan fingerprint density at radius 1 is 1.45 bits per heavy atom. The number of carbonyl (C=O) groups is 1. The maximum atomic E-state index is 12.2. The molecule has 4 heteroatoms. The molecule has 0 bridgehead atoms. The van der Waals surface area contributed by atoms with Crippen molar-refractivity contribution in [3.05, 3.63) is 35.4 Å². The van der Waals surface area contributed by atoms with Gasteiger partial charge in [-0.2, -0.15) is 0 Å². The highest BCUT2D eigenvalue weighted by atomic mass is 16.5. The smallest absolute Gasteiger partial charge is 0.253 e. The summed E-state index contributed by atoms with van der Waals surface area (Å²) >= 11 is 0. The SMILES string of the molecule is CC(C)OCCN(C)C(=O)c1cccc(C#CCN)c1. The van der Waals surface area contributed by atoms with Gasteiger partial charge in [-0.1, -0.05) is 17.9 Å². The molecular weight excluding hydrogens is 252 g/mol. The zero-order chi connectivity index (χ0) is 15.0. The zero-order valence-electron chi connectivity index (χ0n) is 12.3. The number of amides is 1. The summed E-state index contributed by atoms with van der Waals surface area (Å²) in [5, 5.41) is 0. The Kier molecular flexibility index (Phi) is 6.78. The van der Waals surface area contributed by atoms with Crippen LogP contribution in [-0.2, 0) is 4.74 Å². The first-order chi connectivity index (χ1) is 9.54. The number of hydrogen-bond acceptors (Lipinski definition) is 3. The molecule has 108 valence electrons. The fourth-order valence-electron chi connectivity index (χ4n) is 1.63. The third-order valence-corrected chi connectivity index (χ3v) is 2.67. The number of rotatable bonds is 5. The molecule has 1 amide bonds. The molecule has 0 heterocycles. The lowest BCUT2D eigenvalue weighted by atomic mass is 10.1. The summed E-state index contributed by atoms with van der Waals surface area (Å²) in [7, 11) is 1.77. The normalized spacial score (nSPS) is 10.1.